The molecule has 0 atom stereocenters. The maximum Gasteiger partial charge on any atom is 0.161 e. The van der Waals surface area contributed by atoms with Crippen LogP contribution in [0.5, 0.6) is 0 Å². The Hall–Kier alpha value is -1.24. The van der Waals surface area contributed by atoms with Crippen LogP contribution in [-0.2, 0) is 0 Å². The molecule has 1 aromatic carbocycles. The standard InChI is InChI=1S/C12H11FIN3/c1-7-3-8(5-9(13)4-7)11-16-6-10(14)12(15-2)17-11/h3-6H,1-2H3,(H,15,16,17). The number of nitrogens with zero attached hydrogens (tertiary/aromatic N) is 2. The molecule has 0 aliphatic carbocycles. The Bertz CT molecular complexity index is 537. The Balaban J connectivity index is 2.52. The normalized spacial score (nSPS) is 10.4. The molecule has 3 nitrogen and oxygen atoms in total. The third kappa shape index (κ3) is 2.71. The molecule has 0 aliphatic heterocycles. The Morgan fingerprint density at radius 3 is 2.71 bits per heavy atom. The molecule has 2 rings (SSSR count). The second-order valence-electron chi connectivity index (χ2n) is 3.66. The van der Waals surface area contributed by atoms with Gasteiger partial charge in [-0.15, -0.1) is 0 Å². The lowest BCUT2D eigenvalue weighted by molar-refractivity contribution is 0.627. The van der Waals surface area contributed by atoms with Gasteiger partial charge in [-0.1, -0.05) is 0 Å². The van der Waals surface area contributed by atoms with E-state index in [0.29, 0.717) is 11.4 Å². The molecule has 17 heavy (non-hydrogen) atoms. The molecule has 0 radical (unpaired) electrons. The summed E-state index contributed by atoms with van der Waals surface area (Å²) in [5.41, 5.74) is 1.54. The number of benzene rings is 1. The first kappa shape index (κ1) is 12.2. The first-order valence-corrected chi connectivity index (χ1v) is 6.16. The molecule has 0 fully saturated rings. The highest BCUT2D eigenvalue weighted by molar-refractivity contribution is 14.1. The van der Waals surface area contributed by atoms with E-state index in [0.717, 1.165) is 15.0 Å². The molecular weight excluding hydrogens is 332 g/mol. The molecule has 0 amide bonds. The van der Waals surface area contributed by atoms with Gasteiger partial charge in [0.05, 0.1) is 3.57 Å². The van der Waals surface area contributed by atoms with Crippen molar-refractivity contribution in [1.82, 2.24) is 9.97 Å². The number of halogens is 2. The third-order valence-electron chi connectivity index (χ3n) is 2.28. The zero-order valence-electron chi connectivity index (χ0n) is 9.46. The number of hydrogen-bond acceptors (Lipinski definition) is 3. The zero-order chi connectivity index (χ0) is 12.4. The fraction of sp³-hybridized carbons (Fsp3) is 0.167. The topological polar surface area (TPSA) is 37.8 Å². The lowest BCUT2D eigenvalue weighted by Gasteiger charge is -2.06. The predicted octanol–water partition coefficient (Wildman–Crippen LogP) is 3.24. The quantitative estimate of drug-likeness (QED) is 0.851. The highest BCUT2D eigenvalue weighted by atomic mass is 127. The van der Waals surface area contributed by atoms with E-state index in [4.69, 9.17) is 0 Å². The Morgan fingerprint density at radius 2 is 2.06 bits per heavy atom. The van der Waals surface area contributed by atoms with Crippen molar-refractivity contribution in [3.8, 4) is 11.4 Å². The maximum absolute atomic E-state index is 13.3. The van der Waals surface area contributed by atoms with Crippen molar-refractivity contribution in [2.75, 3.05) is 12.4 Å². The van der Waals surface area contributed by atoms with Gasteiger partial charge in [0.15, 0.2) is 5.82 Å². The Labute approximate surface area is 113 Å². The van der Waals surface area contributed by atoms with E-state index in [1.807, 2.05) is 13.0 Å². The van der Waals surface area contributed by atoms with Crippen molar-refractivity contribution in [2.24, 2.45) is 0 Å². The molecule has 0 saturated heterocycles. The minimum atomic E-state index is -0.270. The van der Waals surface area contributed by atoms with E-state index in [1.165, 1.54) is 12.1 Å². The monoisotopic (exact) mass is 343 g/mol. The van der Waals surface area contributed by atoms with Crippen LogP contribution in [0, 0.1) is 16.3 Å². The summed E-state index contributed by atoms with van der Waals surface area (Å²) in [6, 6.07) is 4.79. The van der Waals surface area contributed by atoms with Crippen LogP contribution in [0.25, 0.3) is 11.4 Å². The fourth-order valence-electron chi connectivity index (χ4n) is 1.55. The van der Waals surface area contributed by atoms with Gasteiger partial charge in [-0.25, -0.2) is 14.4 Å². The largest absolute Gasteiger partial charge is 0.372 e. The number of aryl methyl sites for hydroxylation is 1. The predicted molar refractivity (Wildman–Crippen MR) is 74.4 cm³/mol. The average molecular weight is 343 g/mol. The van der Waals surface area contributed by atoms with Crippen molar-refractivity contribution in [3.63, 3.8) is 0 Å². The van der Waals surface area contributed by atoms with Crippen molar-refractivity contribution in [3.05, 3.63) is 39.3 Å². The summed E-state index contributed by atoms with van der Waals surface area (Å²) in [7, 11) is 1.80. The van der Waals surface area contributed by atoms with Gasteiger partial charge in [0.25, 0.3) is 0 Å². The van der Waals surface area contributed by atoms with Gasteiger partial charge in [-0.3, -0.25) is 0 Å². The lowest BCUT2D eigenvalue weighted by Crippen LogP contribution is -1.99. The Morgan fingerprint density at radius 1 is 1.29 bits per heavy atom. The van der Waals surface area contributed by atoms with Crippen LogP contribution in [0.4, 0.5) is 10.2 Å². The van der Waals surface area contributed by atoms with Crippen molar-refractivity contribution < 1.29 is 4.39 Å². The van der Waals surface area contributed by atoms with E-state index in [1.54, 1.807) is 13.2 Å². The fourth-order valence-corrected chi connectivity index (χ4v) is 2.08. The highest BCUT2D eigenvalue weighted by Gasteiger charge is 2.07. The molecule has 88 valence electrons. The highest BCUT2D eigenvalue weighted by Crippen LogP contribution is 2.22. The van der Waals surface area contributed by atoms with Gasteiger partial charge in [0.1, 0.15) is 11.6 Å². The summed E-state index contributed by atoms with van der Waals surface area (Å²) in [6.07, 6.45) is 1.72. The van der Waals surface area contributed by atoms with E-state index in [2.05, 4.69) is 37.9 Å². The summed E-state index contributed by atoms with van der Waals surface area (Å²) in [5, 5.41) is 2.98. The molecule has 2 aromatic rings. The van der Waals surface area contributed by atoms with Crippen LogP contribution in [0.1, 0.15) is 5.56 Å². The molecule has 1 N–H and O–H groups in total. The summed E-state index contributed by atoms with van der Waals surface area (Å²) >= 11 is 2.15. The van der Waals surface area contributed by atoms with Crippen molar-refractivity contribution in [2.45, 2.75) is 6.92 Å². The van der Waals surface area contributed by atoms with Crippen molar-refractivity contribution >= 4 is 28.4 Å². The second-order valence-corrected chi connectivity index (χ2v) is 4.82. The first-order chi connectivity index (χ1) is 8.10. The number of hydrogen-bond donors (Lipinski definition) is 1. The van der Waals surface area contributed by atoms with Crippen LogP contribution in [0.3, 0.4) is 0 Å². The van der Waals surface area contributed by atoms with Crippen LogP contribution < -0.4 is 5.32 Å². The van der Waals surface area contributed by atoms with Crippen LogP contribution >= 0.6 is 22.6 Å². The van der Waals surface area contributed by atoms with E-state index < -0.39 is 0 Å². The van der Waals surface area contributed by atoms with Crippen LogP contribution in [-0.4, -0.2) is 17.0 Å². The summed E-state index contributed by atoms with van der Waals surface area (Å²) in [4.78, 5) is 8.56. The maximum atomic E-state index is 13.3. The number of anilines is 1. The summed E-state index contributed by atoms with van der Waals surface area (Å²) in [5.74, 6) is 1.00. The van der Waals surface area contributed by atoms with Gasteiger partial charge in [-0.2, -0.15) is 0 Å². The zero-order valence-corrected chi connectivity index (χ0v) is 11.6. The molecule has 0 unspecified atom stereocenters. The van der Waals surface area contributed by atoms with Crippen LogP contribution in [0.15, 0.2) is 24.4 Å². The molecular formula is C12H11FIN3. The van der Waals surface area contributed by atoms with Gasteiger partial charge in [0, 0.05) is 18.8 Å². The molecule has 5 heteroatoms. The smallest absolute Gasteiger partial charge is 0.161 e. The number of nitrogens with one attached hydrogen (secondary N) is 1. The van der Waals surface area contributed by atoms with E-state index >= 15 is 0 Å². The molecule has 0 bridgehead atoms. The van der Waals surface area contributed by atoms with E-state index in [9.17, 15) is 4.39 Å². The minimum Gasteiger partial charge on any atom is -0.372 e. The molecule has 0 aliphatic rings. The summed E-state index contributed by atoms with van der Waals surface area (Å²) < 4.78 is 14.2. The SMILES string of the molecule is CNc1nc(-c2cc(C)cc(F)c2)ncc1I. The number of aromatic nitrogens is 2. The van der Waals surface area contributed by atoms with Gasteiger partial charge < -0.3 is 5.32 Å². The van der Waals surface area contributed by atoms with Crippen molar-refractivity contribution in [1.29, 1.82) is 0 Å². The van der Waals surface area contributed by atoms with Gasteiger partial charge in [0.2, 0.25) is 0 Å². The second kappa shape index (κ2) is 4.95. The molecule has 1 aromatic heterocycles. The molecule has 0 saturated carbocycles. The van der Waals surface area contributed by atoms with E-state index in [-0.39, 0.29) is 5.82 Å². The lowest BCUT2D eigenvalue weighted by atomic mass is 10.1. The average Bonchev–Trinajstić information content (AvgIpc) is 2.28. The third-order valence-corrected chi connectivity index (χ3v) is 3.07. The first-order valence-electron chi connectivity index (χ1n) is 5.08. The van der Waals surface area contributed by atoms with Crippen LogP contribution in [0.2, 0.25) is 0 Å². The van der Waals surface area contributed by atoms with Gasteiger partial charge in [-0.05, 0) is 53.3 Å². The number of rotatable bonds is 2. The summed E-state index contributed by atoms with van der Waals surface area (Å²) in [6.45, 7) is 1.85. The molecule has 0 spiro atoms. The van der Waals surface area contributed by atoms with Gasteiger partial charge >= 0.3 is 0 Å². The Kier molecular flexibility index (Phi) is 3.56. The molecule has 1 heterocycles. The minimum absolute atomic E-state index is 0.270.